The number of aromatic nitrogens is 1. The van der Waals surface area contributed by atoms with Gasteiger partial charge in [-0.05, 0) is 102 Å². The number of fused-ring (bicyclic) bond motifs is 2. The third kappa shape index (κ3) is 7.04. The summed E-state index contributed by atoms with van der Waals surface area (Å²) >= 11 is 0. The van der Waals surface area contributed by atoms with Crippen LogP contribution in [0.15, 0.2) is 54.7 Å². The first-order valence-electron chi connectivity index (χ1n) is 16.5. The van der Waals surface area contributed by atoms with Crippen LogP contribution in [-0.2, 0) is 20.1 Å². The van der Waals surface area contributed by atoms with Crippen LogP contribution in [0.3, 0.4) is 0 Å². The van der Waals surface area contributed by atoms with E-state index in [1.165, 1.54) is 42.0 Å². The van der Waals surface area contributed by atoms with Gasteiger partial charge >= 0.3 is 0 Å². The van der Waals surface area contributed by atoms with Gasteiger partial charge in [-0.15, -0.1) is 35.9 Å². The van der Waals surface area contributed by atoms with E-state index in [0.29, 0.717) is 11.8 Å². The molecule has 233 valence electrons. The monoisotopic (exact) mass is 749 g/mol. The molecule has 2 aliphatic carbocycles. The molecule has 4 heteroatoms. The van der Waals surface area contributed by atoms with E-state index in [0.717, 1.165) is 49.8 Å². The molecule has 2 aromatic carbocycles. The van der Waals surface area contributed by atoms with Gasteiger partial charge in [0, 0.05) is 32.2 Å². The van der Waals surface area contributed by atoms with E-state index in [-0.39, 0.29) is 49.1 Å². The fourth-order valence-electron chi connectivity index (χ4n) is 8.12. The topological polar surface area (TPSA) is 53.4 Å². The van der Waals surface area contributed by atoms with Crippen LogP contribution in [0.2, 0.25) is 0 Å². The molecule has 2 saturated carbocycles. The normalized spacial score (nSPS) is 24.9. The summed E-state index contributed by atoms with van der Waals surface area (Å²) in [6, 6.07) is 19.9. The van der Waals surface area contributed by atoms with Crippen LogP contribution < -0.4 is 0 Å². The summed E-state index contributed by atoms with van der Waals surface area (Å²) in [5.74, 6) is 1.15. The number of aliphatic hydroxyl groups is 2. The average Bonchev–Trinajstić information content (AvgIpc) is 3.24. The Kier molecular flexibility index (Phi) is 12.8. The predicted octanol–water partition coefficient (Wildman–Crippen LogP) is 9.74. The van der Waals surface area contributed by atoms with Crippen LogP contribution >= 0.6 is 0 Å². The van der Waals surface area contributed by atoms with Crippen molar-refractivity contribution in [3.63, 3.8) is 0 Å². The molecule has 2 N–H and O–H groups in total. The third-order valence-electron chi connectivity index (χ3n) is 11.3. The van der Waals surface area contributed by atoms with E-state index in [4.69, 9.17) is 0 Å². The van der Waals surface area contributed by atoms with Crippen molar-refractivity contribution in [3.8, 4) is 11.3 Å². The molecule has 2 aliphatic rings. The Morgan fingerprint density at radius 3 is 1.95 bits per heavy atom. The zero-order chi connectivity index (χ0) is 29.6. The number of benzene rings is 2. The van der Waals surface area contributed by atoms with Crippen LogP contribution in [0, 0.1) is 28.7 Å². The molecule has 0 spiro atoms. The van der Waals surface area contributed by atoms with Gasteiger partial charge in [0.15, 0.2) is 0 Å². The number of aliphatic hydroxyl groups excluding tert-OH is 2. The minimum absolute atomic E-state index is 0. The van der Waals surface area contributed by atoms with Crippen molar-refractivity contribution in [2.24, 2.45) is 22.7 Å². The summed E-state index contributed by atoms with van der Waals surface area (Å²) in [5, 5.41) is 25.1. The smallest absolute Gasteiger partial charge is 0.0651 e. The van der Waals surface area contributed by atoms with Crippen molar-refractivity contribution >= 4 is 10.8 Å². The summed E-state index contributed by atoms with van der Waals surface area (Å²) < 4.78 is 0. The molecule has 42 heavy (non-hydrogen) atoms. The summed E-state index contributed by atoms with van der Waals surface area (Å²) in [6.45, 7) is 13.3. The zero-order valence-electron chi connectivity index (χ0n) is 26.8. The van der Waals surface area contributed by atoms with Crippen LogP contribution in [0.1, 0.15) is 117 Å². The van der Waals surface area contributed by atoms with E-state index in [9.17, 15) is 10.2 Å². The minimum atomic E-state index is -0.333. The van der Waals surface area contributed by atoms with Crippen molar-refractivity contribution in [1.82, 2.24) is 4.98 Å². The van der Waals surface area contributed by atoms with E-state index < -0.39 is 0 Å². The van der Waals surface area contributed by atoms with Gasteiger partial charge in [0.05, 0.1) is 12.2 Å². The molecular weight excluding hydrogens is 695 g/mol. The average molecular weight is 749 g/mol. The molecule has 0 bridgehead atoms. The largest absolute Gasteiger partial charge is 0.392 e. The van der Waals surface area contributed by atoms with Gasteiger partial charge in [-0.25, -0.2) is 0 Å². The molecule has 0 amide bonds. The standard InChI is InChI=1S/C20H38O2.C18H16N.Ir/c1-5-19(6-2)13-9-11-15-12-10-14-20(7-3,8-4)18(22)16(15)17(19)21;1-13(2)15-8-9-17-16(12-15)10-11-19-18(17)14-6-4-3-5-7-14;/h15-18,21-22H,5-14H2,1-4H3;3-6,8-13H,1-2H3;/q;-1;. The SMILES string of the molecule is CC(C)c1ccc2c(-c3[c-]cccc3)nccc2c1.CCC1(CC)CCCC2CCCC(CC)(CC)C(O)C2C1O.[Ir]. The Morgan fingerprint density at radius 2 is 1.45 bits per heavy atom. The number of hydrogen-bond donors (Lipinski definition) is 2. The van der Waals surface area contributed by atoms with Gasteiger partial charge in [0.25, 0.3) is 0 Å². The Labute approximate surface area is 269 Å². The Morgan fingerprint density at radius 1 is 0.857 bits per heavy atom. The third-order valence-corrected chi connectivity index (χ3v) is 11.3. The second-order valence-corrected chi connectivity index (χ2v) is 13.2. The van der Waals surface area contributed by atoms with Gasteiger partial charge in [0.2, 0.25) is 0 Å². The van der Waals surface area contributed by atoms with Crippen LogP contribution in [0.5, 0.6) is 0 Å². The first-order chi connectivity index (χ1) is 19.8. The zero-order valence-corrected chi connectivity index (χ0v) is 29.2. The first-order valence-corrected chi connectivity index (χ1v) is 16.5. The van der Waals surface area contributed by atoms with Gasteiger partial charge < -0.3 is 15.2 Å². The van der Waals surface area contributed by atoms with E-state index in [1.54, 1.807) is 0 Å². The summed E-state index contributed by atoms with van der Waals surface area (Å²) in [4.78, 5) is 4.52. The molecular formula is C38H54IrNO2-. The summed E-state index contributed by atoms with van der Waals surface area (Å²) in [6.07, 6.45) is 12.4. The molecule has 1 aromatic heterocycles. The van der Waals surface area contributed by atoms with Crippen molar-refractivity contribution in [2.75, 3.05) is 0 Å². The molecule has 5 rings (SSSR count). The number of nitrogens with zero attached hydrogens (tertiary/aromatic N) is 1. The summed E-state index contributed by atoms with van der Waals surface area (Å²) in [7, 11) is 0. The molecule has 3 aromatic rings. The summed E-state index contributed by atoms with van der Waals surface area (Å²) in [5.41, 5.74) is 3.47. The fraction of sp³-hybridized carbons (Fsp3) is 0.605. The molecule has 1 heterocycles. The van der Waals surface area contributed by atoms with Crippen LogP contribution in [-0.4, -0.2) is 27.4 Å². The van der Waals surface area contributed by atoms with Gasteiger partial charge in [0.1, 0.15) is 0 Å². The van der Waals surface area contributed by atoms with Crippen LogP contribution in [0.25, 0.3) is 22.0 Å². The molecule has 3 nitrogen and oxygen atoms in total. The maximum absolute atomic E-state index is 11.4. The Hall–Kier alpha value is -1.58. The molecule has 2 fully saturated rings. The van der Waals surface area contributed by atoms with Crippen molar-refractivity contribution in [2.45, 2.75) is 124 Å². The van der Waals surface area contributed by atoms with Crippen molar-refractivity contribution in [1.29, 1.82) is 0 Å². The van der Waals surface area contributed by atoms with Crippen molar-refractivity contribution in [3.05, 3.63) is 66.4 Å². The minimum Gasteiger partial charge on any atom is -0.392 e. The van der Waals surface area contributed by atoms with Crippen molar-refractivity contribution < 1.29 is 30.3 Å². The Bertz CT molecular complexity index is 1200. The second kappa shape index (κ2) is 15.4. The van der Waals surface area contributed by atoms with E-state index >= 15 is 0 Å². The fourth-order valence-corrected chi connectivity index (χ4v) is 8.12. The quantitative estimate of drug-likeness (QED) is 0.247. The maximum Gasteiger partial charge on any atom is 0.0651 e. The van der Waals surface area contributed by atoms with Crippen LogP contribution in [0.4, 0.5) is 0 Å². The van der Waals surface area contributed by atoms with Gasteiger partial charge in [-0.1, -0.05) is 72.6 Å². The maximum atomic E-state index is 11.4. The molecule has 2 atom stereocenters. The molecule has 0 saturated heterocycles. The van der Waals surface area contributed by atoms with E-state index in [1.807, 2.05) is 24.4 Å². The predicted molar refractivity (Wildman–Crippen MR) is 173 cm³/mol. The number of pyridine rings is 1. The van der Waals surface area contributed by atoms with Gasteiger partial charge in [-0.3, -0.25) is 0 Å². The Balaban J connectivity index is 0.000000227. The van der Waals surface area contributed by atoms with Gasteiger partial charge in [-0.2, -0.15) is 0 Å². The van der Waals surface area contributed by atoms with E-state index in [2.05, 4.69) is 82.9 Å². The molecule has 0 aliphatic heterocycles. The number of hydrogen-bond acceptors (Lipinski definition) is 3. The number of rotatable bonds is 6. The molecule has 1 radical (unpaired) electrons. The molecule has 2 unspecified atom stereocenters. The first kappa shape index (κ1) is 34.9. The second-order valence-electron chi connectivity index (χ2n) is 13.2.